The van der Waals surface area contributed by atoms with E-state index in [9.17, 15) is 4.79 Å². The van der Waals surface area contributed by atoms with E-state index in [-0.39, 0.29) is 5.91 Å². The average Bonchev–Trinajstić information content (AvgIpc) is 3.17. The predicted octanol–water partition coefficient (Wildman–Crippen LogP) is 3.88. The fourth-order valence-corrected chi connectivity index (χ4v) is 4.58. The van der Waals surface area contributed by atoms with Gasteiger partial charge in [-0.25, -0.2) is 0 Å². The molecule has 4 rings (SSSR count). The Hall–Kier alpha value is -2.80. The molecular weight excluding hydrogens is 382 g/mol. The number of hydrogen-bond acceptors (Lipinski definition) is 5. The van der Waals surface area contributed by atoms with Crippen LogP contribution in [-0.2, 0) is 4.79 Å². The summed E-state index contributed by atoms with van der Waals surface area (Å²) in [6.45, 7) is 3.99. The molecule has 150 valence electrons. The zero-order chi connectivity index (χ0) is 20.2. The van der Waals surface area contributed by atoms with E-state index in [0.717, 1.165) is 43.1 Å². The maximum atomic E-state index is 12.2. The van der Waals surface area contributed by atoms with E-state index in [1.165, 1.54) is 23.7 Å². The second kappa shape index (κ2) is 8.69. The van der Waals surface area contributed by atoms with Crippen molar-refractivity contribution in [2.24, 2.45) is 5.73 Å². The lowest BCUT2D eigenvalue weighted by Crippen LogP contribution is -2.31. The van der Waals surface area contributed by atoms with Crippen molar-refractivity contribution in [1.29, 1.82) is 0 Å². The molecule has 0 radical (unpaired) electrons. The highest BCUT2D eigenvalue weighted by Crippen LogP contribution is 2.37. The number of amides is 1. The number of hydrogen-bond donors (Lipinski definition) is 1. The van der Waals surface area contributed by atoms with Gasteiger partial charge in [-0.1, -0.05) is 59.8 Å². The molecule has 3 aromatic rings. The molecule has 1 aliphatic rings. The van der Waals surface area contributed by atoms with E-state index in [1.54, 1.807) is 0 Å². The molecule has 0 saturated carbocycles. The molecule has 1 aromatic heterocycles. The number of carbonyl (C=O) groups excluding carboxylic acids is 1. The average molecular weight is 408 g/mol. The molecule has 6 nitrogen and oxygen atoms in total. The lowest BCUT2D eigenvalue weighted by molar-refractivity contribution is -0.117. The van der Waals surface area contributed by atoms with E-state index >= 15 is 0 Å². The van der Waals surface area contributed by atoms with Crippen LogP contribution in [0.4, 0.5) is 5.95 Å². The van der Waals surface area contributed by atoms with Crippen LogP contribution in [0.1, 0.15) is 35.6 Å². The number of primary amides is 1. The molecule has 1 atom stereocenters. The number of benzene rings is 2. The Kier molecular flexibility index (Phi) is 5.85. The highest BCUT2D eigenvalue weighted by molar-refractivity contribution is 8.00. The van der Waals surface area contributed by atoms with E-state index in [0.29, 0.717) is 5.16 Å². The summed E-state index contributed by atoms with van der Waals surface area (Å²) in [5.41, 5.74) is 8.79. The Morgan fingerprint density at radius 1 is 1.00 bits per heavy atom. The second-order valence-electron chi connectivity index (χ2n) is 7.31. The normalized spacial score (nSPS) is 15.3. The minimum absolute atomic E-state index is 0.390. The molecule has 1 amide bonds. The van der Waals surface area contributed by atoms with Gasteiger partial charge in [-0.15, -0.1) is 10.2 Å². The topological polar surface area (TPSA) is 77.0 Å². The molecule has 0 aliphatic carbocycles. The minimum Gasteiger partial charge on any atom is -0.368 e. The largest absolute Gasteiger partial charge is 0.368 e. The maximum absolute atomic E-state index is 12.2. The summed E-state index contributed by atoms with van der Waals surface area (Å²) in [6, 6.07) is 17.9. The number of rotatable bonds is 6. The first kappa shape index (κ1) is 19.5. The summed E-state index contributed by atoms with van der Waals surface area (Å²) < 4.78 is 2.05. The third-order valence-corrected chi connectivity index (χ3v) is 6.35. The lowest BCUT2D eigenvalue weighted by atomic mass is 10.1. The van der Waals surface area contributed by atoms with Crippen LogP contribution in [0.15, 0.2) is 59.8 Å². The quantitative estimate of drug-likeness (QED) is 0.628. The molecule has 0 unspecified atom stereocenters. The third-order valence-electron chi connectivity index (χ3n) is 5.13. The van der Waals surface area contributed by atoms with Crippen LogP contribution in [0.2, 0.25) is 0 Å². The SMILES string of the molecule is Cc1ccc(-n2c(S[C@H](C(N)=O)c3ccccc3)nnc2N2CCCCC2)cc1. The molecule has 1 fully saturated rings. The number of aryl methyl sites for hydroxylation is 1. The summed E-state index contributed by atoms with van der Waals surface area (Å²) in [5, 5.41) is 9.11. The van der Waals surface area contributed by atoms with E-state index in [4.69, 9.17) is 5.73 Å². The van der Waals surface area contributed by atoms with Gasteiger partial charge < -0.3 is 10.6 Å². The first-order chi connectivity index (χ1) is 14.1. The van der Waals surface area contributed by atoms with Gasteiger partial charge in [-0.05, 0) is 43.9 Å². The fourth-order valence-electron chi connectivity index (χ4n) is 3.58. The van der Waals surface area contributed by atoms with Crippen molar-refractivity contribution in [2.75, 3.05) is 18.0 Å². The number of piperidine rings is 1. The first-order valence-corrected chi connectivity index (χ1v) is 10.8. The van der Waals surface area contributed by atoms with Crippen LogP contribution in [0.3, 0.4) is 0 Å². The summed E-state index contributed by atoms with van der Waals surface area (Å²) in [4.78, 5) is 14.5. The summed E-state index contributed by atoms with van der Waals surface area (Å²) in [6.07, 6.45) is 3.54. The van der Waals surface area contributed by atoms with Crippen molar-refractivity contribution in [2.45, 2.75) is 36.6 Å². The Morgan fingerprint density at radius 2 is 1.69 bits per heavy atom. The number of nitrogens with zero attached hydrogens (tertiary/aromatic N) is 4. The van der Waals surface area contributed by atoms with Gasteiger partial charge in [0.1, 0.15) is 5.25 Å². The van der Waals surface area contributed by atoms with Crippen molar-refractivity contribution >= 4 is 23.6 Å². The zero-order valence-corrected chi connectivity index (χ0v) is 17.3. The zero-order valence-electron chi connectivity index (χ0n) is 16.5. The predicted molar refractivity (Wildman–Crippen MR) is 116 cm³/mol. The number of carbonyl (C=O) groups is 1. The monoisotopic (exact) mass is 407 g/mol. The van der Waals surface area contributed by atoms with Gasteiger partial charge >= 0.3 is 0 Å². The van der Waals surface area contributed by atoms with Gasteiger partial charge in [0.15, 0.2) is 5.16 Å². The molecular formula is C22H25N5OS. The number of thioether (sulfide) groups is 1. The molecule has 29 heavy (non-hydrogen) atoms. The van der Waals surface area contributed by atoms with Gasteiger partial charge in [-0.3, -0.25) is 9.36 Å². The van der Waals surface area contributed by atoms with Crippen LogP contribution in [-0.4, -0.2) is 33.8 Å². The van der Waals surface area contributed by atoms with E-state index in [1.807, 2.05) is 34.9 Å². The Bertz CT molecular complexity index is 965. The molecule has 1 aliphatic heterocycles. The van der Waals surface area contributed by atoms with Crippen LogP contribution in [0.25, 0.3) is 5.69 Å². The summed E-state index contributed by atoms with van der Waals surface area (Å²) in [7, 11) is 0. The lowest BCUT2D eigenvalue weighted by Gasteiger charge is -2.28. The molecule has 0 spiro atoms. The maximum Gasteiger partial charge on any atom is 0.235 e. The molecule has 2 N–H and O–H groups in total. The Labute approximate surface area is 175 Å². The van der Waals surface area contributed by atoms with Gasteiger partial charge in [0, 0.05) is 13.1 Å². The number of anilines is 1. The summed E-state index contributed by atoms with van der Waals surface area (Å²) >= 11 is 1.35. The van der Waals surface area contributed by atoms with Crippen LogP contribution < -0.4 is 10.6 Å². The van der Waals surface area contributed by atoms with Gasteiger partial charge in [-0.2, -0.15) is 0 Å². The molecule has 7 heteroatoms. The fraction of sp³-hybridized carbons (Fsp3) is 0.318. The smallest absolute Gasteiger partial charge is 0.235 e. The van der Waals surface area contributed by atoms with Crippen LogP contribution in [0, 0.1) is 6.92 Å². The van der Waals surface area contributed by atoms with E-state index in [2.05, 4.69) is 46.3 Å². The van der Waals surface area contributed by atoms with Gasteiger partial charge in [0.05, 0.1) is 5.69 Å². The van der Waals surface area contributed by atoms with Crippen molar-refractivity contribution in [1.82, 2.24) is 14.8 Å². The third kappa shape index (κ3) is 4.29. The summed E-state index contributed by atoms with van der Waals surface area (Å²) in [5.74, 6) is 0.437. The van der Waals surface area contributed by atoms with Crippen molar-refractivity contribution in [3.8, 4) is 5.69 Å². The number of nitrogens with two attached hydrogens (primary N) is 1. The van der Waals surface area contributed by atoms with Gasteiger partial charge in [0.25, 0.3) is 0 Å². The molecule has 1 saturated heterocycles. The highest BCUT2D eigenvalue weighted by atomic mass is 32.2. The van der Waals surface area contributed by atoms with E-state index < -0.39 is 5.25 Å². The molecule has 2 aromatic carbocycles. The van der Waals surface area contributed by atoms with Crippen LogP contribution >= 0.6 is 11.8 Å². The van der Waals surface area contributed by atoms with Crippen molar-refractivity contribution in [3.05, 3.63) is 65.7 Å². The second-order valence-corrected chi connectivity index (χ2v) is 8.38. The Balaban J connectivity index is 1.75. The first-order valence-electron chi connectivity index (χ1n) is 9.92. The highest BCUT2D eigenvalue weighted by Gasteiger charge is 2.26. The molecule has 2 heterocycles. The minimum atomic E-state index is -0.529. The van der Waals surface area contributed by atoms with Crippen molar-refractivity contribution < 1.29 is 4.79 Å². The molecule has 0 bridgehead atoms. The number of aromatic nitrogens is 3. The standard InChI is InChI=1S/C22H25N5OS/c1-16-10-12-18(13-11-16)27-21(26-14-6-3-7-15-26)24-25-22(27)29-19(20(23)28)17-8-4-2-5-9-17/h2,4-5,8-13,19H,3,6-7,14-15H2,1H3,(H2,23,28)/t19-/m0/s1. The van der Waals surface area contributed by atoms with Crippen LogP contribution in [0.5, 0.6) is 0 Å². The Morgan fingerprint density at radius 3 is 2.34 bits per heavy atom. The van der Waals surface area contributed by atoms with Crippen molar-refractivity contribution in [3.63, 3.8) is 0 Å². The van der Waals surface area contributed by atoms with Gasteiger partial charge in [0.2, 0.25) is 11.9 Å².